The van der Waals surface area contributed by atoms with E-state index < -0.39 is 0 Å². The largest absolute Gasteiger partial charge is 0.385 e. The minimum absolute atomic E-state index is 0.0484. The number of thiophene rings is 1. The Balaban J connectivity index is 1.93. The average molecular weight is 256 g/mol. The third-order valence-electron chi connectivity index (χ3n) is 2.26. The van der Waals surface area contributed by atoms with Gasteiger partial charge in [-0.05, 0) is 24.3 Å². The number of ether oxygens (including phenoxy) is 1. The van der Waals surface area contributed by atoms with Crippen molar-refractivity contribution < 1.29 is 9.53 Å². The molecule has 96 valence electrons. The van der Waals surface area contributed by atoms with Crippen LogP contribution in [0.1, 0.15) is 11.3 Å². The van der Waals surface area contributed by atoms with Crippen molar-refractivity contribution in [2.75, 3.05) is 33.4 Å². The van der Waals surface area contributed by atoms with Gasteiger partial charge in [-0.15, -0.1) is 11.3 Å². The Bertz CT molecular complexity index is 301. The number of nitrogens with one attached hydrogen (secondary N) is 2. The second-order valence-electron chi connectivity index (χ2n) is 3.70. The highest BCUT2D eigenvalue weighted by molar-refractivity contribution is 7.09. The van der Waals surface area contributed by atoms with Crippen molar-refractivity contribution >= 4 is 17.2 Å². The lowest BCUT2D eigenvalue weighted by atomic mass is 10.3. The number of methoxy groups -OCH3 is 1. The molecule has 1 amide bonds. The zero-order valence-electron chi connectivity index (χ0n) is 10.2. The fourth-order valence-corrected chi connectivity index (χ4v) is 2.08. The van der Waals surface area contributed by atoms with Crippen LogP contribution in [0.25, 0.3) is 0 Å². The van der Waals surface area contributed by atoms with Crippen LogP contribution < -0.4 is 10.6 Å². The van der Waals surface area contributed by atoms with E-state index in [2.05, 4.69) is 22.1 Å². The van der Waals surface area contributed by atoms with E-state index in [-0.39, 0.29) is 5.91 Å². The maximum absolute atomic E-state index is 11.4. The molecular formula is C12H20N2O2S. The van der Waals surface area contributed by atoms with Gasteiger partial charge in [-0.1, -0.05) is 6.07 Å². The Morgan fingerprint density at radius 3 is 3.06 bits per heavy atom. The predicted molar refractivity (Wildman–Crippen MR) is 70.4 cm³/mol. The normalized spacial score (nSPS) is 10.4. The summed E-state index contributed by atoms with van der Waals surface area (Å²) in [5.41, 5.74) is 0. The van der Waals surface area contributed by atoms with Crippen molar-refractivity contribution in [3.8, 4) is 0 Å². The highest BCUT2D eigenvalue weighted by atomic mass is 32.1. The molecule has 0 aromatic carbocycles. The Hall–Kier alpha value is -0.910. The van der Waals surface area contributed by atoms with Crippen LogP contribution in [0.4, 0.5) is 0 Å². The molecule has 1 aromatic heterocycles. The van der Waals surface area contributed by atoms with Crippen LogP contribution in [-0.4, -0.2) is 39.3 Å². The van der Waals surface area contributed by atoms with Crippen molar-refractivity contribution in [2.45, 2.75) is 12.8 Å². The molecule has 0 saturated heterocycles. The molecule has 1 aromatic rings. The molecule has 0 aliphatic carbocycles. The van der Waals surface area contributed by atoms with Crippen molar-refractivity contribution in [3.05, 3.63) is 22.4 Å². The second-order valence-corrected chi connectivity index (χ2v) is 4.73. The standard InChI is InChI=1S/C12H20N2O2S/c1-16-8-3-6-14-12(15)10-13-7-5-11-4-2-9-17-11/h2,4,9,13H,3,5-8,10H2,1H3,(H,14,15). The molecule has 0 aliphatic heterocycles. The minimum Gasteiger partial charge on any atom is -0.385 e. The van der Waals surface area contributed by atoms with E-state index in [1.54, 1.807) is 18.4 Å². The van der Waals surface area contributed by atoms with Gasteiger partial charge in [0.05, 0.1) is 6.54 Å². The number of rotatable bonds is 9. The van der Waals surface area contributed by atoms with Crippen molar-refractivity contribution in [1.29, 1.82) is 0 Å². The van der Waals surface area contributed by atoms with Gasteiger partial charge >= 0.3 is 0 Å². The summed E-state index contributed by atoms with van der Waals surface area (Å²) in [5.74, 6) is 0.0484. The molecule has 0 bridgehead atoms. The lowest BCUT2D eigenvalue weighted by Crippen LogP contribution is -2.35. The quantitative estimate of drug-likeness (QED) is 0.649. The summed E-state index contributed by atoms with van der Waals surface area (Å²) in [5, 5.41) is 8.03. The van der Waals surface area contributed by atoms with Crippen LogP contribution in [0.2, 0.25) is 0 Å². The molecular weight excluding hydrogens is 236 g/mol. The smallest absolute Gasteiger partial charge is 0.233 e. The van der Waals surface area contributed by atoms with Crippen LogP contribution in [0, 0.1) is 0 Å². The molecule has 0 aliphatic rings. The Morgan fingerprint density at radius 1 is 1.47 bits per heavy atom. The molecule has 1 rings (SSSR count). The molecule has 17 heavy (non-hydrogen) atoms. The van der Waals surface area contributed by atoms with Crippen LogP contribution in [0.5, 0.6) is 0 Å². The molecule has 0 fully saturated rings. The predicted octanol–water partition coefficient (Wildman–Crippen LogP) is 1.03. The van der Waals surface area contributed by atoms with Gasteiger partial charge < -0.3 is 15.4 Å². The Labute approximate surface area is 106 Å². The molecule has 5 heteroatoms. The van der Waals surface area contributed by atoms with Crippen molar-refractivity contribution in [3.63, 3.8) is 0 Å². The van der Waals surface area contributed by atoms with Gasteiger partial charge in [0.15, 0.2) is 0 Å². The summed E-state index contributed by atoms with van der Waals surface area (Å²) in [4.78, 5) is 12.7. The first-order valence-corrected chi connectivity index (χ1v) is 6.69. The number of carbonyl (C=O) groups excluding carboxylic acids is 1. The highest BCUT2D eigenvalue weighted by Gasteiger charge is 1.99. The van der Waals surface area contributed by atoms with E-state index in [4.69, 9.17) is 4.74 Å². The highest BCUT2D eigenvalue weighted by Crippen LogP contribution is 2.07. The first-order chi connectivity index (χ1) is 8.33. The van der Waals surface area contributed by atoms with Crippen molar-refractivity contribution in [2.24, 2.45) is 0 Å². The zero-order valence-corrected chi connectivity index (χ0v) is 11.0. The fraction of sp³-hybridized carbons (Fsp3) is 0.583. The van der Waals surface area contributed by atoms with Crippen LogP contribution >= 0.6 is 11.3 Å². The molecule has 0 saturated carbocycles. The lowest BCUT2D eigenvalue weighted by Gasteiger charge is -2.05. The molecule has 2 N–H and O–H groups in total. The van der Waals surface area contributed by atoms with Crippen LogP contribution in [0.3, 0.4) is 0 Å². The molecule has 0 radical (unpaired) electrons. The van der Waals surface area contributed by atoms with Gasteiger partial charge in [-0.3, -0.25) is 4.79 Å². The molecule has 0 unspecified atom stereocenters. The zero-order chi connectivity index (χ0) is 12.3. The lowest BCUT2D eigenvalue weighted by molar-refractivity contribution is -0.120. The summed E-state index contributed by atoms with van der Waals surface area (Å²) in [6.45, 7) is 2.59. The van der Waals surface area contributed by atoms with Crippen LogP contribution in [-0.2, 0) is 16.0 Å². The second kappa shape index (κ2) is 9.15. The van der Waals surface area contributed by atoms with E-state index in [9.17, 15) is 4.79 Å². The first kappa shape index (κ1) is 14.2. The third-order valence-corrected chi connectivity index (χ3v) is 3.20. The number of carbonyl (C=O) groups is 1. The summed E-state index contributed by atoms with van der Waals surface area (Å²) in [6.07, 6.45) is 1.84. The maximum atomic E-state index is 11.4. The van der Waals surface area contributed by atoms with Gasteiger partial charge in [0.2, 0.25) is 5.91 Å². The van der Waals surface area contributed by atoms with E-state index in [0.29, 0.717) is 19.7 Å². The van der Waals surface area contributed by atoms with Gasteiger partial charge in [-0.2, -0.15) is 0 Å². The topological polar surface area (TPSA) is 50.4 Å². The average Bonchev–Trinajstić information content (AvgIpc) is 2.83. The fourth-order valence-electron chi connectivity index (χ4n) is 1.38. The SMILES string of the molecule is COCCCNC(=O)CNCCc1cccs1. The summed E-state index contributed by atoms with van der Waals surface area (Å²) in [6, 6.07) is 4.15. The number of hydrogen-bond donors (Lipinski definition) is 2. The maximum Gasteiger partial charge on any atom is 0.233 e. The summed E-state index contributed by atoms with van der Waals surface area (Å²) >= 11 is 1.75. The van der Waals surface area contributed by atoms with E-state index in [1.165, 1.54) is 4.88 Å². The Morgan fingerprint density at radius 2 is 2.35 bits per heavy atom. The van der Waals surface area contributed by atoms with Gasteiger partial charge in [-0.25, -0.2) is 0 Å². The van der Waals surface area contributed by atoms with E-state index in [1.807, 2.05) is 6.07 Å². The number of hydrogen-bond acceptors (Lipinski definition) is 4. The van der Waals surface area contributed by atoms with Gasteiger partial charge in [0.1, 0.15) is 0 Å². The Kier molecular flexibility index (Phi) is 7.62. The van der Waals surface area contributed by atoms with Gasteiger partial charge in [0, 0.05) is 31.7 Å². The van der Waals surface area contributed by atoms with Crippen LogP contribution in [0.15, 0.2) is 17.5 Å². The van der Waals surface area contributed by atoms with E-state index >= 15 is 0 Å². The van der Waals surface area contributed by atoms with Gasteiger partial charge in [0.25, 0.3) is 0 Å². The first-order valence-electron chi connectivity index (χ1n) is 5.81. The molecule has 4 nitrogen and oxygen atoms in total. The molecule has 0 atom stereocenters. The number of amides is 1. The summed E-state index contributed by atoms with van der Waals surface area (Å²) < 4.78 is 4.90. The monoisotopic (exact) mass is 256 g/mol. The van der Waals surface area contributed by atoms with E-state index in [0.717, 1.165) is 19.4 Å². The minimum atomic E-state index is 0.0484. The van der Waals surface area contributed by atoms with Crippen molar-refractivity contribution in [1.82, 2.24) is 10.6 Å². The molecule has 1 heterocycles. The molecule has 0 spiro atoms. The third kappa shape index (κ3) is 7.10. The summed E-state index contributed by atoms with van der Waals surface area (Å²) in [7, 11) is 1.66.